The molecule has 134 valence electrons. The topological polar surface area (TPSA) is 116 Å². The second-order valence-electron chi connectivity index (χ2n) is 5.40. The van der Waals surface area contributed by atoms with Crippen LogP contribution >= 0.6 is 0 Å². The number of aromatic nitrogens is 3. The summed E-state index contributed by atoms with van der Waals surface area (Å²) in [6, 6.07) is 7.96. The number of sulfonamides is 1. The molecule has 2 aromatic heterocycles. The van der Waals surface area contributed by atoms with Crippen LogP contribution in [0.5, 0.6) is 11.5 Å². The van der Waals surface area contributed by atoms with Crippen molar-refractivity contribution >= 4 is 10.0 Å². The molecule has 0 bridgehead atoms. The van der Waals surface area contributed by atoms with Crippen LogP contribution < -0.4 is 14.2 Å². The summed E-state index contributed by atoms with van der Waals surface area (Å²) in [5, 5.41) is 7.87. The van der Waals surface area contributed by atoms with Gasteiger partial charge in [0.2, 0.25) is 28.6 Å². The third-order valence-corrected chi connectivity index (χ3v) is 5.14. The molecule has 0 saturated heterocycles. The average molecular weight is 374 g/mol. The van der Waals surface area contributed by atoms with E-state index in [9.17, 15) is 8.42 Å². The highest BCUT2D eigenvalue weighted by Crippen LogP contribution is 2.33. The van der Waals surface area contributed by atoms with Gasteiger partial charge in [0.25, 0.3) is 0 Å². The first-order chi connectivity index (χ1) is 12.6. The maximum absolute atomic E-state index is 12.4. The normalized spacial score (nSPS) is 13.1. The molecular formula is C16H14N4O5S. The fraction of sp³-hybridized carbons (Fsp3) is 0.188. The molecule has 1 aliphatic rings. The maximum atomic E-state index is 12.4. The van der Waals surface area contributed by atoms with E-state index in [2.05, 4.69) is 19.9 Å². The summed E-state index contributed by atoms with van der Waals surface area (Å²) in [5.41, 5.74) is 0.750. The van der Waals surface area contributed by atoms with Crippen LogP contribution in [0.25, 0.3) is 11.5 Å². The summed E-state index contributed by atoms with van der Waals surface area (Å²) in [6.07, 6.45) is 3.51. The molecule has 4 rings (SSSR count). The Morgan fingerprint density at radius 2 is 1.85 bits per heavy atom. The smallest absolute Gasteiger partial charge is 0.247 e. The summed E-state index contributed by atoms with van der Waals surface area (Å²) in [7, 11) is -3.68. The van der Waals surface area contributed by atoms with E-state index in [-0.39, 0.29) is 24.7 Å². The van der Waals surface area contributed by atoms with E-state index in [0.717, 1.165) is 5.56 Å². The van der Waals surface area contributed by atoms with Gasteiger partial charge >= 0.3 is 0 Å². The van der Waals surface area contributed by atoms with Crippen LogP contribution in [0, 0.1) is 0 Å². The number of nitrogens with zero attached hydrogens (tertiary/aromatic N) is 3. The Hall–Kier alpha value is -2.98. The van der Waals surface area contributed by atoms with Crippen molar-refractivity contribution < 1.29 is 22.3 Å². The molecule has 0 atom stereocenters. The monoisotopic (exact) mass is 374 g/mol. The van der Waals surface area contributed by atoms with Crippen molar-refractivity contribution in [2.24, 2.45) is 0 Å². The molecule has 0 spiro atoms. The largest absolute Gasteiger partial charge is 0.454 e. The van der Waals surface area contributed by atoms with Crippen LogP contribution in [-0.4, -0.2) is 36.9 Å². The number of ether oxygens (including phenoxy) is 2. The van der Waals surface area contributed by atoms with Crippen molar-refractivity contribution in [3.8, 4) is 23.0 Å². The van der Waals surface area contributed by atoms with Crippen molar-refractivity contribution in [1.29, 1.82) is 0 Å². The number of nitrogens with one attached hydrogen (secondary N) is 1. The molecule has 3 heterocycles. The second kappa shape index (κ2) is 6.73. The zero-order valence-electron chi connectivity index (χ0n) is 13.5. The van der Waals surface area contributed by atoms with E-state index in [1.54, 1.807) is 30.6 Å². The first kappa shape index (κ1) is 16.5. The molecule has 3 aromatic rings. The Balaban J connectivity index is 1.39. The zero-order valence-corrected chi connectivity index (χ0v) is 14.3. The Labute approximate surface area is 149 Å². The molecule has 0 radical (unpaired) electrons. The number of hydrogen-bond acceptors (Lipinski definition) is 8. The van der Waals surface area contributed by atoms with E-state index < -0.39 is 10.0 Å². The van der Waals surface area contributed by atoms with Gasteiger partial charge in [0.05, 0.1) is 4.90 Å². The summed E-state index contributed by atoms with van der Waals surface area (Å²) < 4.78 is 43.1. The Bertz CT molecular complexity index is 1020. The number of rotatable bonds is 6. The van der Waals surface area contributed by atoms with E-state index >= 15 is 0 Å². The van der Waals surface area contributed by atoms with Crippen LogP contribution in [-0.2, 0) is 16.4 Å². The highest BCUT2D eigenvalue weighted by atomic mass is 32.2. The molecular weight excluding hydrogens is 360 g/mol. The summed E-state index contributed by atoms with van der Waals surface area (Å²) >= 11 is 0. The molecule has 0 amide bonds. The van der Waals surface area contributed by atoms with E-state index in [4.69, 9.17) is 13.9 Å². The van der Waals surface area contributed by atoms with E-state index in [1.165, 1.54) is 12.1 Å². The van der Waals surface area contributed by atoms with E-state index in [1.807, 2.05) is 0 Å². The highest BCUT2D eigenvalue weighted by molar-refractivity contribution is 7.89. The highest BCUT2D eigenvalue weighted by Gasteiger charge is 2.20. The van der Waals surface area contributed by atoms with Crippen molar-refractivity contribution in [3.05, 3.63) is 48.6 Å². The lowest BCUT2D eigenvalue weighted by Gasteiger charge is -2.06. The van der Waals surface area contributed by atoms with Crippen LogP contribution in [0.3, 0.4) is 0 Å². The molecule has 1 aliphatic heterocycles. The lowest BCUT2D eigenvalue weighted by molar-refractivity contribution is 0.174. The molecule has 0 saturated carbocycles. The van der Waals surface area contributed by atoms with Gasteiger partial charge in [0.15, 0.2) is 11.5 Å². The van der Waals surface area contributed by atoms with Gasteiger partial charge < -0.3 is 13.9 Å². The van der Waals surface area contributed by atoms with Gasteiger partial charge in [-0.15, -0.1) is 10.2 Å². The predicted molar refractivity (Wildman–Crippen MR) is 89.0 cm³/mol. The molecule has 0 unspecified atom stereocenters. The van der Waals surface area contributed by atoms with Gasteiger partial charge in [0.1, 0.15) is 0 Å². The summed E-state index contributed by atoms with van der Waals surface area (Å²) in [6.45, 7) is 0.206. The van der Waals surface area contributed by atoms with Gasteiger partial charge in [-0.25, -0.2) is 13.1 Å². The predicted octanol–water partition coefficient (Wildman–Crippen LogP) is 1.38. The van der Waals surface area contributed by atoms with Crippen LogP contribution in [0.2, 0.25) is 0 Å². The van der Waals surface area contributed by atoms with Crippen molar-refractivity contribution in [2.75, 3.05) is 13.3 Å². The third-order valence-electron chi connectivity index (χ3n) is 3.68. The standard InChI is InChI=1S/C16H14N4O5S/c21-26(22,12-1-2-13-14(9-12)24-10-23-13)18-8-5-15-19-20-16(25-15)11-3-6-17-7-4-11/h1-4,6-7,9,18H,5,8,10H2. The van der Waals surface area contributed by atoms with Gasteiger partial charge in [-0.1, -0.05) is 0 Å². The number of hydrogen-bond donors (Lipinski definition) is 1. The molecule has 1 N–H and O–H groups in total. The van der Waals surface area contributed by atoms with Gasteiger partial charge in [-0.2, -0.15) is 0 Å². The molecule has 1 aromatic carbocycles. The first-order valence-corrected chi connectivity index (χ1v) is 9.22. The summed E-state index contributed by atoms with van der Waals surface area (Å²) in [4.78, 5) is 4.02. The fourth-order valence-electron chi connectivity index (χ4n) is 2.39. The molecule has 9 nitrogen and oxygen atoms in total. The fourth-order valence-corrected chi connectivity index (χ4v) is 3.43. The Morgan fingerprint density at radius 1 is 1.04 bits per heavy atom. The van der Waals surface area contributed by atoms with Crippen molar-refractivity contribution in [3.63, 3.8) is 0 Å². The van der Waals surface area contributed by atoms with E-state index in [0.29, 0.717) is 23.3 Å². The molecule has 26 heavy (non-hydrogen) atoms. The Kier molecular flexibility index (Phi) is 4.27. The number of fused-ring (bicyclic) bond motifs is 1. The maximum Gasteiger partial charge on any atom is 0.247 e. The van der Waals surface area contributed by atoms with Gasteiger partial charge in [0, 0.05) is 37.0 Å². The lowest BCUT2D eigenvalue weighted by atomic mass is 10.3. The number of benzene rings is 1. The minimum Gasteiger partial charge on any atom is -0.454 e. The Morgan fingerprint density at radius 3 is 2.69 bits per heavy atom. The first-order valence-electron chi connectivity index (χ1n) is 7.74. The minimum absolute atomic E-state index is 0.0865. The lowest BCUT2D eigenvalue weighted by Crippen LogP contribution is -2.26. The van der Waals surface area contributed by atoms with Crippen molar-refractivity contribution in [1.82, 2.24) is 19.9 Å². The molecule has 10 heteroatoms. The van der Waals surface area contributed by atoms with Gasteiger partial charge in [-0.3, -0.25) is 4.98 Å². The second-order valence-corrected chi connectivity index (χ2v) is 7.17. The number of pyridine rings is 1. The quantitative estimate of drug-likeness (QED) is 0.688. The minimum atomic E-state index is -3.68. The van der Waals surface area contributed by atoms with Crippen molar-refractivity contribution in [2.45, 2.75) is 11.3 Å². The SMILES string of the molecule is O=S(=O)(NCCc1nnc(-c2ccncc2)o1)c1ccc2c(c1)OCO2. The zero-order chi connectivity index (χ0) is 18.0. The van der Waals surface area contributed by atoms with Crippen LogP contribution in [0.15, 0.2) is 52.0 Å². The van der Waals surface area contributed by atoms with Crippen LogP contribution in [0.4, 0.5) is 0 Å². The van der Waals surface area contributed by atoms with Gasteiger partial charge in [-0.05, 0) is 24.3 Å². The molecule has 0 fully saturated rings. The molecule has 0 aliphatic carbocycles. The van der Waals surface area contributed by atoms with Crippen LogP contribution in [0.1, 0.15) is 5.89 Å². The third kappa shape index (κ3) is 3.37. The summed E-state index contributed by atoms with van der Waals surface area (Å²) in [5.74, 6) is 1.64. The average Bonchev–Trinajstić information content (AvgIpc) is 3.31.